The quantitative estimate of drug-likeness (QED) is 0.0465. The summed E-state index contributed by atoms with van der Waals surface area (Å²) in [5.74, 6) is 0.335. The molecule has 54 heavy (non-hydrogen) atoms. The van der Waals surface area contributed by atoms with Gasteiger partial charge < -0.3 is 29.4 Å². The molecule has 0 saturated heterocycles. The number of amides is 1. The summed E-state index contributed by atoms with van der Waals surface area (Å²) in [4.78, 5) is 30.7. The topological polar surface area (TPSA) is 104 Å². The molecule has 0 aliphatic heterocycles. The second-order valence-corrected chi connectivity index (χ2v) is 20.2. The van der Waals surface area contributed by atoms with Gasteiger partial charge in [-0.1, -0.05) is 92.4 Å². The van der Waals surface area contributed by atoms with Gasteiger partial charge in [0, 0.05) is 32.6 Å². The van der Waals surface area contributed by atoms with E-state index in [-0.39, 0.29) is 24.7 Å². The molecule has 1 amide bonds. The number of ether oxygens (including phenoxy) is 3. The van der Waals surface area contributed by atoms with Gasteiger partial charge in [0.05, 0.1) is 50.3 Å². The third kappa shape index (κ3) is 12.5. The summed E-state index contributed by atoms with van der Waals surface area (Å²) < 4.78 is 19.3. The number of anilines is 3. The van der Waals surface area contributed by atoms with Crippen molar-refractivity contribution in [3.63, 3.8) is 0 Å². The minimum atomic E-state index is -1.19. The van der Waals surface area contributed by atoms with Crippen molar-refractivity contribution in [3.8, 4) is 0 Å². The summed E-state index contributed by atoms with van der Waals surface area (Å²) in [7, 11) is -1.19. The van der Waals surface area contributed by atoms with Crippen LogP contribution in [0, 0.1) is 6.92 Å². The van der Waals surface area contributed by atoms with E-state index in [0.717, 1.165) is 63.1 Å². The molecule has 0 bridgehead atoms. The molecular formula is C44H54N4O5Si. The molecule has 0 radical (unpaired) electrons. The maximum atomic E-state index is 13.3. The van der Waals surface area contributed by atoms with Gasteiger partial charge in [0.15, 0.2) is 0 Å². The van der Waals surface area contributed by atoms with Crippen LogP contribution in [-0.4, -0.2) is 55.9 Å². The summed E-state index contributed by atoms with van der Waals surface area (Å²) in [6.45, 7) is 14.3. The lowest BCUT2D eigenvalue weighted by Crippen LogP contribution is -2.22. The first-order chi connectivity index (χ1) is 26.1. The maximum Gasteiger partial charge on any atom is 0.310 e. The molecular weight excluding hydrogens is 693 g/mol. The summed E-state index contributed by atoms with van der Waals surface area (Å²) in [5.41, 5.74) is 8.35. The van der Waals surface area contributed by atoms with E-state index >= 15 is 0 Å². The van der Waals surface area contributed by atoms with Gasteiger partial charge in [0.2, 0.25) is 11.9 Å². The monoisotopic (exact) mass is 746 g/mol. The average molecular weight is 747 g/mol. The van der Waals surface area contributed by atoms with Gasteiger partial charge in [-0.2, -0.15) is 0 Å². The van der Waals surface area contributed by atoms with E-state index in [2.05, 4.69) is 47.8 Å². The van der Waals surface area contributed by atoms with Crippen LogP contribution in [0.1, 0.15) is 42.0 Å². The minimum Gasteiger partial charge on any atom is -0.466 e. The highest BCUT2D eigenvalue weighted by atomic mass is 28.3. The van der Waals surface area contributed by atoms with E-state index in [0.29, 0.717) is 45.1 Å². The molecule has 5 rings (SSSR count). The van der Waals surface area contributed by atoms with Crippen LogP contribution in [0.5, 0.6) is 0 Å². The van der Waals surface area contributed by atoms with Gasteiger partial charge in [-0.05, 0) is 84.5 Å². The molecule has 0 saturated carbocycles. The third-order valence-corrected chi connectivity index (χ3v) is 10.7. The highest BCUT2D eigenvalue weighted by molar-refractivity contribution is 6.76. The minimum absolute atomic E-state index is 0.126. The number of carbonyl (C=O) groups excluding carboxylic acids is 2. The second kappa shape index (κ2) is 19.9. The Balaban J connectivity index is 1.24. The number of imidazole rings is 1. The molecule has 5 aromatic rings. The molecule has 9 nitrogen and oxygen atoms in total. The van der Waals surface area contributed by atoms with Gasteiger partial charge >= 0.3 is 5.97 Å². The summed E-state index contributed by atoms with van der Waals surface area (Å²) in [5, 5.41) is 6.57. The van der Waals surface area contributed by atoms with Gasteiger partial charge in [0.25, 0.3) is 0 Å². The van der Waals surface area contributed by atoms with Crippen LogP contribution < -0.4 is 10.6 Å². The van der Waals surface area contributed by atoms with Crippen molar-refractivity contribution in [3.05, 3.63) is 125 Å². The first kappa shape index (κ1) is 40.2. The largest absolute Gasteiger partial charge is 0.466 e. The lowest BCUT2D eigenvalue weighted by Gasteiger charge is -2.16. The number of nitrogens with zero attached hydrogens (tertiary/aromatic N) is 2. The number of para-hydroxylation sites is 1. The SMILES string of the molecule is CCOC(=O)CC(=CCCOCc1ccccc1)c1ccc(NC(=O)Cc2ccc3nc(Nc4ccccc4C)n(CCOCC[Si](C)(C)C)c3c2)cc1. The van der Waals surface area contributed by atoms with Crippen LogP contribution in [-0.2, 0) is 43.4 Å². The fourth-order valence-corrected chi connectivity index (χ4v) is 6.73. The van der Waals surface area contributed by atoms with E-state index in [1.54, 1.807) is 6.92 Å². The predicted molar refractivity (Wildman–Crippen MR) is 222 cm³/mol. The number of fused-ring (bicyclic) bond motifs is 1. The standard InChI is InChI=1S/C44H54N4O5Si/c1-6-53-43(50)31-37(16-12-25-52-32-34-14-8-7-9-15-34)36-19-21-38(22-20-36)45-42(49)30-35-18-23-40-41(29-35)48(24-26-51-27-28-54(3,4)5)44(47-40)46-39-17-11-10-13-33(39)2/h7-11,13-23,29H,6,12,24-28,30-32H2,1-5H3,(H,45,49)(H,46,47). The Morgan fingerprint density at radius 3 is 2.35 bits per heavy atom. The van der Waals surface area contributed by atoms with Crippen molar-refractivity contribution in [1.82, 2.24) is 9.55 Å². The van der Waals surface area contributed by atoms with Crippen molar-refractivity contribution < 1.29 is 23.8 Å². The lowest BCUT2D eigenvalue weighted by atomic mass is 10.0. The van der Waals surface area contributed by atoms with Gasteiger partial charge in [0.1, 0.15) is 0 Å². The van der Waals surface area contributed by atoms with E-state index in [9.17, 15) is 9.59 Å². The smallest absolute Gasteiger partial charge is 0.310 e. The molecule has 0 spiro atoms. The predicted octanol–water partition coefficient (Wildman–Crippen LogP) is 9.57. The number of esters is 1. The number of nitrogens with one attached hydrogen (secondary N) is 2. The van der Waals surface area contributed by atoms with Crippen LogP contribution in [0.2, 0.25) is 25.7 Å². The highest BCUT2D eigenvalue weighted by Crippen LogP contribution is 2.27. The zero-order valence-corrected chi connectivity index (χ0v) is 33.3. The van der Waals surface area contributed by atoms with Gasteiger partial charge in [-0.15, -0.1) is 0 Å². The van der Waals surface area contributed by atoms with E-state index in [1.165, 1.54) is 0 Å². The average Bonchev–Trinajstić information content (AvgIpc) is 3.48. The Labute approximate surface area is 320 Å². The molecule has 4 aromatic carbocycles. The second-order valence-electron chi connectivity index (χ2n) is 14.6. The Kier molecular flexibility index (Phi) is 14.8. The van der Waals surface area contributed by atoms with E-state index in [1.807, 2.05) is 97.1 Å². The molecule has 0 aliphatic rings. The molecule has 0 atom stereocenters. The Morgan fingerprint density at radius 2 is 1.61 bits per heavy atom. The Morgan fingerprint density at radius 1 is 0.852 bits per heavy atom. The molecule has 10 heteroatoms. The number of aryl methyl sites for hydroxylation is 1. The highest BCUT2D eigenvalue weighted by Gasteiger charge is 2.16. The van der Waals surface area contributed by atoms with Crippen LogP contribution in [0.4, 0.5) is 17.3 Å². The normalized spacial score (nSPS) is 11.8. The number of benzene rings is 4. The number of rotatable bonds is 20. The zero-order chi connectivity index (χ0) is 38.3. The van der Waals surface area contributed by atoms with Gasteiger partial charge in [-0.25, -0.2) is 4.98 Å². The molecule has 0 fully saturated rings. The van der Waals surface area contributed by atoms with Crippen molar-refractivity contribution in [2.24, 2.45) is 0 Å². The lowest BCUT2D eigenvalue weighted by molar-refractivity contribution is -0.141. The van der Waals surface area contributed by atoms with Crippen LogP contribution in [0.3, 0.4) is 0 Å². The molecule has 0 aliphatic carbocycles. The molecule has 284 valence electrons. The van der Waals surface area contributed by atoms with Crippen molar-refractivity contribution in [2.75, 3.05) is 37.1 Å². The Bertz CT molecular complexity index is 2000. The Hall–Kier alpha value is -5.03. The molecule has 2 N–H and O–H groups in total. The third-order valence-electron chi connectivity index (χ3n) is 8.97. The summed E-state index contributed by atoms with van der Waals surface area (Å²) in [6, 6.07) is 32.9. The van der Waals surface area contributed by atoms with E-state index in [4.69, 9.17) is 19.2 Å². The fraction of sp³-hybridized carbons (Fsp3) is 0.341. The van der Waals surface area contributed by atoms with Crippen molar-refractivity contribution in [2.45, 2.75) is 71.9 Å². The summed E-state index contributed by atoms with van der Waals surface area (Å²) >= 11 is 0. The molecule has 0 unspecified atom stereocenters. The molecule has 1 aromatic heterocycles. The van der Waals surface area contributed by atoms with Crippen LogP contribution in [0.15, 0.2) is 103 Å². The molecule has 1 heterocycles. The first-order valence-corrected chi connectivity index (χ1v) is 22.5. The fourth-order valence-electron chi connectivity index (χ4n) is 5.97. The number of hydrogen-bond donors (Lipinski definition) is 2. The van der Waals surface area contributed by atoms with Crippen LogP contribution in [0.25, 0.3) is 16.6 Å². The van der Waals surface area contributed by atoms with E-state index < -0.39 is 8.07 Å². The van der Waals surface area contributed by atoms with Gasteiger partial charge in [-0.3, -0.25) is 9.59 Å². The van der Waals surface area contributed by atoms with Crippen molar-refractivity contribution in [1.29, 1.82) is 0 Å². The number of carbonyl (C=O) groups is 2. The summed E-state index contributed by atoms with van der Waals surface area (Å²) in [6.07, 6.45) is 3.04. The first-order valence-electron chi connectivity index (χ1n) is 18.8. The number of hydrogen-bond acceptors (Lipinski definition) is 7. The van der Waals surface area contributed by atoms with Crippen LogP contribution >= 0.6 is 0 Å². The number of aromatic nitrogens is 2. The zero-order valence-electron chi connectivity index (χ0n) is 32.3. The van der Waals surface area contributed by atoms with Crippen molar-refractivity contribution >= 4 is 53.9 Å². The maximum absolute atomic E-state index is 13.3.